The summed E-state index contributed by atoms with van der Waals surface area (Å²) in [5, 5.41) is 0. The molecule has 0 aromatic heterocycles. The Balaban J connectivity index is 2.38. The van der Waals surface area contributed by atoms with Gasteiger partial charge in [-0.25, -0.2) is 0 Å². The highest BCUT2D eigenvalue weighted by Gasteiger charge is 2.25. The number of likely N-dealkylation sites (N-methyl/N-ethyl adjacent to an activating group) is 1. The van der Waals surface area contributed by atoms with E-state index >= 15 is 0 Å². The average Bonchev–Trinajstić information content (AvgIpc) is 2.34. The number of hydrogen-bond acceptors (Lipinski definition) is 2. The smallest absolute Gasteiger partial charge is 0.0698 e. The lowest BCUT2D eigenvalue weighted by Crippen LogP contribution is -2.35. The zero-order valence-electron chi connectivity index (χ0n) is 7.13. The molecule has 2 nitrogen and oxygen atoms in total. The third kappa shape index (κ3) is 1.50. The minimum Gasteiger partial charge on any atom is -0.380 e. The Morgan fingerprint density at radius 3 is 2.70 bits per heavy atom. The fourth-order valence-corrected chi connectivity index (χ4v) is 1.69. The van der Waals surface area contributed by atoms with Crippen LogP contribution in [-0.2, 0) is 4.74 Å². The minimum atomic E-state index is 0.396. The second-order valence-corrected chi connectivity index (χ2v) is 3.13. The van der Waals surface area contributed by atoms with Crippen LogP contribution < -0.4 is 0 Å². The Hall–Kier alpha value is -0.0800. The number of methoxy groups -OCH3 is 1. The topological polar surface area (TPSA) is 12.5 Å². The molecule has 1 fully saturated rings. The molecule has 0 spiro atoms. The molecule has 1 saturated heterocycles. The van der Waals surface area contributed by atoms with Crippen molar-refractivity contribution in [3.8, 4) is 0 Å². The van der Waals surface area contributed by atoms with Crippen LogP contribution in [0, 0.1) is 0 Å². The first kappa shape index (κ1) is 8.02. The minimum absolute atomic E-state index is 0.396. The molecular formula is C8H17NO. The number of ether oxygens (including phenoxy) is 1. The molecule has 1 aliphatic rings. The van der Waals surface area contributed by atoms with E-state index in [-0.39, 0.29) is 0 Å². The molecule has 0 radical (unpaired) electrons. The van der Waals surface area contributed by atoms with Crippen molar-refractivity contribution in [2.24, 2.45) is 0 Å². The Kier molecular flexibility index (Phi) is 2.69. The maximum Gasteiger partial charge on any atom is 0.0698 e. The van der Waals surface area contributed by atoms with Crippen LogP contribution in [0.4, 0.5) is 0 Å². The predicted octanol–water partition coefficient (Wildman–Crippen LogP) is 1.12. The normalized spacial score (nSPS) is 30.9. The highest BCUT2D eigenvalue weighted by molar-refractivity contribution is 4.80. The molecule has 1 rings (SSSR count). The van der Waals surface area contributed by atoms with E-state index < -0.39 is 0 Å². The molecule has 60 valence electrons. The molecule has 0 bridgehead atoms. The summed E-state index contributed by atoms with van der Waals surface area (Å²) in [6.45, 7) is 3.38. The number of hydrogen-bond donors (Lipinski definition) is 0. The van der Waals surface area contributed by atoms with Crippen molar-refractivity contribution >= 4 is 0 Å². The molecule has 0 aliphatic carbocycles. The van der Waals surface area contributed by atoms with Crippen molar-refractivity contribution < 1.29 is 4.74 Å². The Morgan fingerprint density at radius 2 is 2.30 bits per heavy atom. The van der Waals surface area contributed by atoms with E-state index in [0.717, 1.165) is 0 Å². The van der Waals surface area contributed by atoms with Gasteiger partial charge in [-0.1, -0.05) is 0 Å². The van der Waals surface area contributed by atoms with Gasteiger partial charge in [-0.05, 0) is 33.4 Å². The maximum atomic E-state index is 5.26. The quantitative estimate of drug-likeness (QED) is 0.574. The predicted molar refractivity (Wildman–Crippen MR) is 42.1 cm³/mol. The van der Waals surface area contributed by atoms with Gasteiger partial charge >= 0.3 is 0 Å². The lowest BCUT2D eigenvalue weighted by atomic mass is 10.1. The Bertz CT molecular complexity index is 105. The van der Waals surface area contributed by atoms with Crippen LogP contribution in [0.2, 0.25) is 0 Å². The van der Waals surface area contributed by atoms with Crippen molar-refractivity contribution in [1.82, 2.24) is 4.90 Å². The monoisotopic (exact) mass is 143 g/mol. The van der Waals surface area contributed by atoms with Crippen LogP contribution in [0.1, 0.15) is 19.8 Å². The first-order valence-corrected chi connectivity index (χ1v) is 3.98. The van der Waals surface area contributed by atoms with E-state index in [1.54, 1.807) is 7.11 Å². The fraction of sp³-hybridized carbons (Fsp3) is 1.00. The highest BCUT2D eigenvalue weighted by Crippen LogP contribution is 2.18. The Morgan fingerprint density at radius 1 is 1.60 bits per heavy atom. The molecule has 1 heterocycles. The van der Waals surface area contributed by atoms with Crippen molar-refractivity contribution in [2.75, 3.05) is 20.7 Å². The molecule has 0 aromatic rings. The van der Waals surface area contributed by atoms with Gasteiger partial charge in [0.1, 0.15) is 0 Å². The first-order valence-electron chi connectivity index (χ1n) is 3.98. The SMILES string of the molecule is COC(C)[C@@H]1CCCN1C. The maximum absolute atomic E-state index is 5.26. The average molecular weight is 143 g/mol. The molecule has 10 heavy (non-hydrogen) atoms. The molecule has 1 aliphatic heterocycles. The molecule has 0 saturated carbocycles. The summed E-state index contributed by atoms with van der Waals surface area (Å²) in [4.78, 5) is 2.38. The first-order chi connectivity index (χ1) is 4.75. The van der Waals surface area contributed by atoms with E-state index in [9.17, 15) is 0 Å². The fourth-order valence-electron chi connectivity index (χ4n) is 1.69. The van der Waals surface area contributed by atoms with Crippen LogP contribution in [0.5, 0.6) is 0 Å². The lowest BCUT2D eigenvalue weighted by molar-refractivity contribution is 0.0531. The highest BCUT2D eigenvalue weighted by atomic mass is 16.5. The van der Waals surface area contributed by atoms with Gasteiger partial charge in [0.2, 0.25) is 0 Å². The van der Waals surface area contributed by atoms with Gasteiger partial charge in [-0.15, -0.1) is 0 Å². The molecule has 0 amide bonds. The van der Waals surface area contributed by atoms with Crippen molar-refractivity contribution in [2.45, 2.75) is 31.9 Å². The molecule has 0 aromatic carbocycles. The zero-order valence-corrected chi connectivity index (χ0v) is 7.13. The van der Waals surface area contributed by atoms with Crippen LogP contribution in [0.25, 0.3) is 0 Å². The number of rotatable bonds is 2. The third-order valence-electron chi connectivity index (χ3n) is 2.49. The van der Waals surface area contributed by atoms with Crippen LogP contribution >= 0.6 is 0 Å². The Labute approximate surface area is 63.2 Å². The van der Waals surface area contributed by atoms with Crippen LogP contribution in [0.3, 0.4) is 0 Å². The van der Waals surface area contributed by atoms with E-state index in [1.807, 2.05) is 0 Å². The molecule has 2 atom stereocenters. The van der Waals surface area contributed by atoms with E-state index in [2.05, 4.69) is 18.9 Å². The van der Waals surface area contributed by atoms with Crippen molar-refractivity contribution in [1.29, 1.82) is 0 Å². The van der Waals surface area contributed by atoms with Gasteiger partial charge in [0.15, 0.2) is 0 Å². The number of likely N-dealkylation sites (tertiary alicyclic amines) is 1. The van der Waals surface area contributed by atoms with Gasteiger partial charge in [0.05, 0.1) is 6.10 Å². The molecule has 0 N–H and O–H groups in total. The molecule has 1 unspecified atom stereocenters. The van der Waals surface area contributed by atoms with Crippen molar-refractivity contribution in [3.05, 3.63) is 0 Å². The summed E-state index contributed by atoms with van der Waals surface area (Å²) < 4.78 is 5.26. The lowest BCUT2D eigenvalue weighted by Gasteiger charge is -2.24. The summed E-state index contributed by atoms with van der Waals surface area (Å²) in [6, 6.07) is 0.657. The van der Waals surface area contributed by atoms with Gasteiger partial charge in [0, 0.05) is 13.2 Å². The summed E-state index contributed by atoms with van der Waals surface area (Å²) >= 11 is 0. The molecular weight excluding hydrogens is 126 g/mol. The summed E-state index contributed by atoms with van der Waals surface area (Å²) in [6.07, 6.45) is 3.02. The van der Waals surface area contributed by atoms with Crippen LogP contribution in [-0.4, -0.2) is 37.7 Å². The summed E-state index contributed by atoms with van der Waals surface area (Å²) in [5.41, 5.74) is 0. The van der Waals surface area contributed by atoms with Gasteiger partial charge in [0.25, 0.3) is 0 Å². The van der Waals surface area contributed by atoms with Gasteiger partial charge in [-0.3, -0.25) is 0 Å². The zero-order chi connectivity index (χ0) is 7.56. The second kappa shape index (κ2) is 3.35. The third-order valence-corrected chi connectivity index (χ3v) is 2.49. The van der Waals surface area contributed by atoms with Gasteiger partial charge in [-0.2, -0.15) is 0 Å². The second-order valence-electron chi connectivity index (χ2n) is 3.13. The van der Waals surface area contributed by atoms with E-state index in [1.165, 1.54) is 19.4 Å². The summed E-state index contributed by atoms with van der Waals surface area (Å²) in [5.74, 6) is 0. The van der Waals surface area contributed by atoms with Crippen LogP contribution in [0.15, 0.2) is 0 Å². The van der Waals surface area contributed by atoms with Gasteiger partial charge < -0.3 is 9.64 Å². The largest absolute Gasteiger partial charge is 0.380 e. The van der Waals surface area contributed by atoms with E-state index in [4.69, 9.17) is 4.74 Å². The van der Waals surface area contributed by atoms with Crippen molar-refractivity contribution in [3.63, 3.8) is 0 Å². The molecule has 2 heteroatoms. The van der Waals surface area contributed by atoms with E-state index in [0.29, 0.717) is 12.1 Å². The summed E-state index contributed by atoms with van der Waals surface area (Å²) in [7, 11) is 3.96. The standard InChI is InChI=1S/C8H17NO/c1-7(10-3)8-5-4-6-9(8)2/h7-8H,4-6H2,1-3H3/t7?,8-/m0/s1. The number of nitrogens with zero attached hydrogens (tertiary/aromatic N) is 1.